The number of halogens is 2. The molecular weight excluding hydrogens is 482 g/mol. The summed E-state index contributed by atoms with van der Waals surface area (Å²) in [5.74, 6) is 0.449. The Balaban J connectivity index is 1.61. The number of hydrogen-bond donors (Lipinski definition) is 4. The van der Waals surface area contributed by atoms with Crippen molar-refractivity contribution in [3.8, 4) is 0 Å². The molecule has 0 atom stereocenters. The van der Waals surface area contributed by atoms with Gasteiger partial charge < -0.3 is 20.6 Å². The Morgan fingerprint density at radius 1 is 1.00 bits per heavy atom. The largest absolute Gasteiger partial charge is 0.367 e. The number of rotatable bonds is 13. The van der Waals surface area contributed by atoms with Gasteiger partial charge in [-0.1, -0.05) is 0 Å². The van der Waals surface area contributed by atoms with Crippen LogP contribution in [0.3, 0.4) is 0 Å². The Bertz CT molecular complexity index is 692. The van der Waals surface area contributed by atoms with Gasteiger partial charge in [-0.2, -0.15) is 0 Å². The minimum absolute atomic E-state index is 0.446. The summed E-state index contributed by atoms with van der Waals surface area (Å²) < 4.78 is 1.68. The molecule has 0 aliphatic carbocycles. The highest BCUT2D eigenvalue weighted by Crippen LogP contribution is 2.14. The first kappa shape index (κ1) is 21.4. The fourth-order valence-corrected chi connectivity index (χ4v) is 3.35. The zero-order valence-corrected chi connectivity index (χ0v) is 18.0. The summed E-state index contributed by atoms with van der Waals surface area (Å²) in [7, 11) is 0. The SMILES string of the molecule is O=[N+]([O-])C=C(NCCCCc1[nH]cnc1Br)NCCCCc1[nH]cnc1Br. The summed E-state index contributed by atoms with van der Waals surface area (Å²) >= 11 is 6.77. The molecule has 0 saturated carbocycles. The third-order valence-corrected chi connectivity index (χ3v) is 5.27. The van der Waals surface area contributed by atoms with E-state index in [1.807, 2.05) is 0 Å². The first-order chi connectivity index (χ1) is 13.1. The molecule has 11 heteroatoms. The summed E-state index contributed by atoms with van der Waals surface area (Å²) in [5, 5.41) is 17.0. The van der Waals surface area contributed by atoms with Crippen molar-refractivity contribution in [1.82, 2.24) is 30.6 Å². The van der Waals surface area contributed by atoms with Gasteiger partial charge in [0.1, 0.15) is 9.21 Å². The highest BCUT2D eigenvalue weighted by molar-refractivity contribution is 9.10. The molecule has 0 bridgehead atoms. The molecule has 0 fully saturated rings. The average Bonchev–Trinajstić information content (AvgIpc) is 3.22. The van der Waals surface area contributed by atoms with E-state index in [4.69, 9.17) is 0 Å². The molecular formula is C16H23Br2N7O2. The molecule has 4 N–H and O–H groups in total. The molecule has 2 heterocycles. The van der Waals surface area contributed by atoms with Crippen LogP contribution in [0.5, 0.6) is 0 Å². The van der Waals surface area contributed by atoms with E-state index in [1.165, 1.54) is 0 Å². The van der Waals surface area contributed by atoms with Gasteiger partial charge in [0.25, 0.3) is 6.20 Å². The predicted molar refractivity (Wildman–Crippen MR) is 110 cm³/mol. The highest BCUT2D eigenvalue weighted by Gasteiger charge is 2.05. The lowest BCUT2D eigenvalue weighted by atomic mass is 10.2. The maximum Gasteiger partial charge on any atom is 0.274 e. The highest BCUT2D eigenvalue weighted by atomic mass is 79.9. The molecule has 2 rings (SSSR count). The van der Waals surface area contributed by atoms with Crippen LogP contribution in [0.25, 0.3) is 0 Å². The number of nitrogens with zero attached hydrogens (tertiary/aromatic N) is 3. The topological polar surface area (TPSA) is 125 Å². The molecule has 2 aromatic heterocycles. The molecule has 0 amide bonds. The third kappa shape index (κ3) is 8.12. The van der Waals surface area contributed by atoms with E-state index in [9.17, 15) is 10.1 Å². The molecule has 0 aliphatic rings. The van der Waals surface area contributed by atoms with Crippen LogP contribution in [-0.2, 0) is 12.8 Å². The van der Waals surface area contributed by atoms with Gasteiger partial charge in [-0.25, -0.2) is 9.97 Å². The van der Waals surface area contributed by atoms with Crippen molar-refractivity contribution >= 4 is 31.9 Å². The lowest BCUT2D eigenvalue weighted by Crippen LogP contribution is -2.29. The van der Waals surface area contributed by atoms with Gasteiger partial charge in [0.2, 0.25) is 0 Å². The second-order valence-corrected chi connectivity index (χ2v) is 7.44. The minimum atomic E-state index is -0.446. The molecule has 2 aromatic rings. The lowest BCUT2D eigenvalue weighted by Gasteiger charge is -2.11. The summed E-state index contributed by atoms with van der Waals surface area (Å²) in [6, 6.07) is 0. The fourth-order valence-electron chi connectivity index (χ4n) is 2.52. The van der Waals surface area contributed by atoms with Crippen LogP contribution in [-0.4, -0.2) is 37.9 Å². The Labute approximate surface area is 174 Å². The summed E-state index contributed by atoms with van der Waals surface area (Å²) in [4.78, 5) is 24.7. The molecule has 0 saturated heterocycles. The molecule has 0 spiro atoms. The Morgan fingerprint density at radius 2 is 1.48 bits per heavy atom. The monoisotopic (exact) mass is 503 g/mol. The van der Waals surface area contributed by atoms with Gasteiger partial charge in [0.15, 0.2) is 5.82 Å². The zero-order chi connectivity index (χ0) is 19.5. The second kappa shape index (κ2) is 11.8. The van der Waals surface area contributed by atoms with Crippen molar-refractivity contribution < 1.29 is 4.92 Å². The normalized spacial score (nSPS) is 10.6. The zero-order valence-electron chi connectivity index (χ0n) is 14.8. The number of aromatic nitrogens is 4. The van der Waals surface area contributed by atoms with Gasteiger partial charge in [-0.3, -0.25) is 10.1 Å². The Kier molecular flexibility index (Phi) is 9.32. The molecule has 27 heavy (non-hydrogen) atoms. The number of hydrogen-bond acceptors (Lipinski definition) is 6. The van der Waals surface area contributed by atoms with E-state index < -0.39 is 4.92 Å². The van der Waals surface area contributed by atoms with Gasteiger partial charge >= 0.3 is 0 Å². The molecule has 0 aromatic carbocycles. The van der Waals surface area contributed by atoms with Gasteiger partial charge in [0.05, 0.1) is 17.6 Å². The number of nitro groups is 1. The smallest absolute Gasteiger partial charge is 0.274 e. The van der Waals surface area contributed by atoms with E-state index >= 15 is 0 Å². The Hall–Kier alpha value is -1.88. The third-order valence-electron chi connectivity index (χ3n) is 3.90. The summed E-state index contributed by atoms with van der Waals surface area (Å²) in [6.07, 6.45) is 9.77. The number of aryl methyl sites for hydroxylation is 2. The van der Waals surface area contributed by atoms with Crippen molar-refractivity contribution in [3.63, 3.8) is 0 Å². The maximum atomic E-state index is 10.8. The second-order valence-electron chi connectivity index (χ2n) is 5.94. The van der Waals surface area contributed by atoms with Gasteiger partial charge in [0, 0.05) is 24.5 Å². The minimum Gasteiger partial charge on any atom is -0.367 e. The molecule has 148 valence electrons. The van der Waals surface area contributed by atoms with Crippen LogP contribution >= 0.6 is 31.9 Å². The first-order valence-electron chi connectivity index (χ1n) is 8.75. The van der Waals surface area contributed by atoms with Crippen LogP contribution in [0.2, 0.25) is 0 Å². The van der Waals surface area contributed by atoms with Gasteiger partial charge in [-0.15, -0.1) is 0 Å². The van der Waals surface area contributed by atoms with E-state index in [-0.39, 0.29) is 0 Å². The van der Waals surface area contributed by atoms with E-state index in [2.05, 4.69) is 62.4 Å². The van der Waals surface area contributed by atoms with Gasteiger partial charge in [-0.05, 0) is 70.4 Å². The molecule has 9 nitrogen and oxygen atoms in total. The van der Waals surface area contributed by atoms with Crippen molar-refractivity contribution in [1.29, 1.82) is 0 Å². The van der Waals surface area contributed by atoms with E-state index in [1.54, 1.807) is 12.7 Å². The maximum absolute atomic E-state index is 10.8. The molecule has 0 aliphatic heterocycles. The van der Waals surface area contributed by atoms with E-state index in [0.29, 0.717) is 18.9 Å². The van der Waals surface area contributed by atoms with Crippen molar-refractivity contribution in [2.75, 3.05) is 13.1 Å². The number of unbranched alkanes of at least 4 members (excludes halogenated alkanes) is 2. The number of imidazole rings is 2. The van der Waals surface area contributed by atoms with Crippen LogP contribution in [0.15, 0.2) is 33.9 Å². The lowest BCUT2D eigenvalue weighted by molar-refractivity contribution is -0.404. The summed E-state index contributed by atoms with van der Waals surface area (Å²) in [6.45, 7) is 1.33. The quantitative estimate of drug-likeness (QED) is 0.188. The number of nitrogens with one attached hydrogen (secondary N) is 4. The predicted octanol–water partition coefficient (Wildman–Crippen LogP) is 3.26. The summed E-state index contributed by atoms with van der Waals surface area (Å²) in [5.41, 5.74) is 2.14. The number of aromatic amines is 2. The first-order valence-corrected chi connectivity index (χ1v) is 10.3. The van der Waals surface area contributed by atoms with Crippen molar-refractivity contribution in [3.05, 3.63) is 55.4 Å². The number of H-pyrrole nitrogens is 2. The van der Waals surface area contributed by atoms with Crippen molar-refractivity contribution in [2.24, 2.45) is 0 Å². The van der Waals surface area contributed by atoms with Crippen LogP contribution < -0.4 is 10.6 Å². The molecule has 0 unspecified atom stereocenters. The van der Waals surface area contributed by atoms with Crippen LogP contribution in [0, 0.1) is 10.1 Å². The van der Waals surface area contributed by atoms with E-state index in [0.717, 1.165) is 65.3 Å². The van der Waals surface area contributed by atoms with Crippen LogP contribution in [0.1, 0.15) is 37.1 Å². The average molecular weight is 505 g/mol. The standard InChI is InChI=1S/C16H23Br2N7O2/c17-15-12(21-10-23-15)5-1-3-7-19-14(9-25(26)27)20-8-4-2-6-13-16(18)24-11-22-13/h9-11,19-20H,1-8H2,(H,21,23)(H,22,24). The molecule has 0 radical (unpaired) electrons. The van der Waals surface area contributed by atoms with Crippen molar-refractivity contribution in [2.45, 2.75) is 38.5 Å². The Morgan fingerprint density at radius 3 is 1.85 bits per heavy atom. The van der Waals surface area contributed by atoms with Crippen LogP contribution in [0.4, 0.5) is 0 Å². The fraction of sp³-hybridized carbons (Fsp3) is 0.500.